The number of amides is 1. The van der Waals surface area contributed by atoms with Crippen molar-refractivity contribution in [1.82, 2.24) is 4.58 Å². The van der Waals surface area contributed by atoms with E-state index in [2.05, 4.69) is 21.6 Å². The summed E-state index contributed by atoms with van der Waals surface area (Å²) in [5, 5.41) is 1.78. The molecule has 2 saturated heterocycles. The molecule has 4 aliphatic rings. The summed E-state index contributed by atoms with van der Waals surface area (Å²) < 4.78 is 37.0. The number of esters is 3. The Bertz CT molecular complexity index is 2880. The van der Waals surface area contributed by atoms with Gasteiger partial charge in [0.1, 0.15) is 62.2 Å². The summed E-state index contributed by atoms with van der Waals surface area (Å²) in [6, 6.07) is 30.1. The summed E-state index contributed by atoms with van der Waals surface area (Å²) in [4.78, 5) is 61.3. The number of nitrogens with zero attached hydrogens (tertiary/aromatic N) is 5. The Balaban J connectivity index is 1.18. The van der Waals surface area contributed by atoms with Gasteiger partial charge in [-0.15, -0.1) is 0 Å². The van der Waals surface area contributed by atoms with Gasteiger partial charge in [0, 0.05) is 90.4 Å². The van der Waals surface area contributed by atoms with Gasteiger partial charge in [0.15, 0.2) is 0 Å². The summed E-state index contributed by atoms with van der Waals surface area (Å²) in [5.74, 6) is -0.192. The van der Waals surface area contributed by atoms with Crippen molar-refractivity contribution in [1.29, 1.82) is 0 Å². The van der Waals surface area contributed by atoms with Gasteiger partial charge in [-0.3, -0.25) is 14.4 Å². The predicted molar refractivity (Wildman–Crippen MR) is 262 cm³/mol. The molecule has 0 bridgehead atoms. The quantitative estimate of drug-likeness (QED) is 0.0284. The van der Waals surface area contributed by atoms with Crippen molar-refractivity contribution in [3.8, 4) is 33.9 Å². The molecule has 0 aromatic heterocycles. The summed E-state index contributed by atoms with van der Waals surface area (Å²) in [7, 11) is 5.70. The van der Waals surface area contributed by atoms with Gasteiger partial charge in [-0.1, -0.05) is 18.2 Å². The van der Waals surface area contributed by atoms with Crippen LogP contribution in [0.2, 0.25) is 0 Å². The molecule has 2 fully saturated rings. The van der Waals surface area contributed by atoms with Crippen molar-refractivity contribution in [3.05, 3.63) is 114 Å². The molecule has 15 heteroatoms. The van der Waals surface area contributed by atoms with Crippen molar-refractivity contribution < 1.29 is 47.3 Å². The molecule has 4 aromatic rings. The first-order valence-electron chi connectivity index (χ1n) is 23.0. The maximum Gasteiger partial charge on any atom is 0.338 e. The summed E-state index contributed by atoms with van der Waals surface area (Å²) in [5.41, 5.74) is 5.84. The van der Waals surface area contributed by atoms with E-state index >= 15 is 4.79 Å². The molecule has 68 heavy (non-hydrogen) atoms. The highest BCUT2D eigenvalue weighted by Crippen LogP contribution is 2.45. The smallest absolute Gasteiger partial charge is 0.338 e. The number of ether oxygens (including phenoxy) is 5. The topological polar surface area (TPSA) is 144 Å². The van der Waals surface area contributed by atoms with Crippen molar-refractivity contribution >= 4 is 57.5 Å². The van der Waals surface area contributed by atoms with Crippen LogP contribution in [0.3, 0.4) is 0 Å². The largest absolute Gasteiger partial charge is 0.488 e. The van der Waals surface area contributed by atoms with Crippen LogP contribution in [0.4, 0.5) is 22.7 Å². The van der Waals surface area contributed by atoms with Crippen LogP contribution in [0.15, 0.2) is 101 Å². The summed E-state index contributed by atoms with van der Waals surface area (Å²) in [6.07, 6.45) is 2.23. The van der Waals surface area contributed by atoms with E-state index in [0.717, 1.165) is 66.7 Å². The fraction of sp³-hybridized carbons (Fsp3) is 0.340. The van der Waals surface area contributed by atoms with Gasteiger partial charge in [0.2, 0.25) is 5.36 Å². The number of fused-ring (bicyclic) bond motifs is 2. The normalized spacial score (nSPS) is 13.0. The lowest BCUT2D eigenvalue weighted by Crippen LogP contribution is -2.40. The van der Waals surface area contributed by atoms with E-state index < -0.39 is 17.8 Å². The van der Waals surface area contributed by atoms with E-state index in [4.69, 9.17) is 28.1 Å². The first-order valence-corrected chi connectivity index (χ1v) is 23.0. The van der Waals surface area contributed by atoms with Gasteiger partial charge >= 0.3 is 17.9 Å². The highest BCUT2D eigenvalue weighted by molar-refractivity contribution is 6.17. The molecule has 354 valence electrons. The fourth-order valence-electron chi connectivity index (χ4n) is 8.66. The molecule has 1 aliphatic carbocycles. The van der Waals surface area contributed by atoms with Gasteiger partial charge in [0.25, 0.3) is 5.91 Å². The van der Waals surface area contributed by atoms with Crippen molar-refractivity contribution in [2.45, 2.75) is 26.7 Å². The van der Waals surface area contributed by atoms with Crippen LogP contribution in [0.25, 0.3) is 33.4 Å². The van der Waals surface area contributed by atoms with Gasteiger partial charge in [0.05, 0.1) is 50.8 Å². The Morgan fingerprint density at radius 3 is 1.99 bits per heavy atom. The molecule has 15 nitrogen and oxygen atoms in total. The number of carbonyl (C=O) groups is 4. The lowest BCUT2D eigenvalue weighted by molar-refractivity contribution is -0.139. The van der Waals surface area contributed by atoms with Gasteiger partial charge < -0.3 is 47.7 Å². The number of hydrogen-bond donors (Lipinski definition) is 0. The molecular formula is C53H58N5O10+. The van der Waals surface area contributed by atoms with Gasteiger partial charge in [-0.2, -0.15) is 0 Å². The second-order valence-electron chi connectivity index (χ2n) is 16.6. The number of benzene rings is 5. The molecular weight excluding hydrogens is 867 g/mol. The number of likely N-dealkylation sites (N-methyl/N-ethyl adjacent to an activating group) is 2. The zero-order valence-corrected chi connectivity index (χ0v) is 39.5. The SMILES string of the molecule is CCN(CC(=O)OC)c1ccccc1OCCOc1cc(N(C)C(=O)c2cccc(C(=O)OC)c2-c2c3ccc(=[N+]4CCC4)cc-3oc3cc(N4CCC4)ccc23)ccc1N(CC)CC(=O)OC. The Morgan fingerprint density at radius 2 is 1.35 bits per heavy atom. The maximum absolute atomic E-state index is 15.2. The average Bonchev–Trinajstić information content (AvgIpc) is 3.33. The zero-order valence-electron chi connectivity index (χ0n) is 39.5. The first-order chi connectivity index (χ1) is 33.1. The standard InChI is InChI=1S/C53H58N5O10/c1-7-55(33-48(59)63-4)42-16-9-10-17-44(42)66-28-29-67-47-30-35(20-23-43(47)56(8-2)34-49(60)64-5)54(3)52(61)40-14-11-15-41(53(62)65-6)51(40)50-38-21-18-36(57-24-12-25-57)31-45(38)68-46-32-37(19-22-39(46)50)58-26-13-27-58/h9-11,14-23,30-32H,7-8,12-13,24-29,33-34H2,1-6H3/q+1. The Kier molecular flexibility index (Phi) is 14.5. The monoisotopic (exact) mass is 924 g/mol. The number of carbonyl (C=O) groups excluding carboxylic acids is 4. The minimum Gasteiger partial charge on any atom is -0.488 e. The molecule has 8 rings (SSSR count). The highest BCUT2D eigenvalue weighted by atomic mass is 16.5. The van der Waals surface area contributed by atoms with Crippen LogP contribution < -0.4 is 39.0 Å². The maximum atomic E-state index is 15.2. The minimum atomic E-state index is -0.588. The fourth-order valence-corrected chi connectivity index (χ4v) is 8.66. The third-order valence-electron chi connectivity index (χ3n) is 12.7. The molecule has 4 aromatic carbocycles. The van der Waals surface area contributed by atoms with Crippen LogP contribution >= 0.6 is 0 Å². The number of rotatable bonds is 18. The van der Waals surface area contributed by atoms with Gasteiger partial charge in [-0.25, -0.2) is 9.37 Å². The number of methoxy groups -OCH3 is 3. The summed E-state index contributed by atoms with van der Waals surface area (Å²) in [6.45, 7) is 8.91. The first kappa shape index (κ1) is 47.0. The van der Waals surface area contributed by atoms with Crippen molar-refractivity contribution in [2.24, 2.45) is 0 Å². The van der Waals surface area contributed by atoms with E-state index in [1.165, 1.54) is 26.2 Å². The molecule has 3 heterocycles. The van der Waals surface area contributed by atoms with Crippen molar-refractivity contribution in [3.63, 3.8) is 0 Å². The van der Waals surface area contributed by atoms with E-state index in [1.807, 2.05) is 72.2 Å². The molecule has 0 atom stereocenters. The molecule has 3 aliphatic heterocycles. The van der Waals surface area contributed by atoms with E-state index in [9.17, 15) is 14.4 Å². The number of para-hydroxylation sites is 2. The summed E-state index contributed by atoms with van der Waals surface area (Å²) >= 11 is 0. The molecule has 0 spiro atoms. The zero-order chi connectivity index (χ0) is 47.9. The van der Waals surface area contributed by atoms with Crippen molar-refractivity contribution in [2.75, 3.05) is 114 Å². The Morgan fingerprint density at radius 1 is 0.676 bits per heavy atom. The van der Waals surface area contributed by atoms with Crippen LogP contribution in [0.1, 0.15) is 47.4 Å². The highest BCUT2D eigenvalue weighted by Gasteiger charge is 2.30. The predicted octanol–water partition coefficient (Wildman–Crippen LogP) is 7.11. The molecule has 0 unspecified atom stereocenters. The third-order valence-corrected chi connectivity index (χ3v) is 12.7. The minimum absolute atomic E-state index is 0.0393. The Hall–Kier alpha value is -7.55. The molecule has 0 saturated carbocycles. The lowest BCUT2D eigenvalue weighted by Gasteiger charge is -2.33. The molecule has 0 radical (unpaired) electrons. The molecule has 1 amide bonds. The number of hydrogen-bond acceptors (Lipinski definition) is 13. The Labute approximate surface area is 396 Å². The van der Waals surface area contributed by atoms with E-state index in [-0.39, 0.29) is 43.4 Å². The third kappa shape index (κ3) is 9.64. The van der Waals surface area contributed by atoms with Crippen LogP contribution in [0.5, 0.6) is 11.5 Å². The van der Waals surface area contributed by atoms with Gasteiger partial charge in [-0.05, 0) is 74.9 Å². The lowest BCUT2D eigenvalue weighted by atomic mass is 9.87. The van der Waals surface area contributed by atoms with E-state index in [1.54, 1.807) is 43.4 Å². The second kappa shape index (κ2) is 21.0. The molecule has 0 N–H and O–H groups in total. The number of anilines is 4. The van der Waals surface area contributed by atoms with E-state index in [0.29, 0.717) is 58.4 Å². The average molecular weight is 925 g/mol. The van der Waals surface area contributed by atoms with Crippen LogP contribution in [-0.2, 0) is 23.8 Å². The second-order valence-corrected chi connectivity index (χ2v) is 16.6. The van der Waals surface area contributed by atoms with Crippen LogP contribution in [-0.4, -0.2) is 118 Å². The van der Waals surface area contributed by atoms with Crippen LogP contribution in [0, 0.1) is 0 Å².